The van der Waals surface area contributed by atoms with Gasteiger partial charge in [-0.2, -0.15) is 5.10 Å². The Hall–Kier alpha value is -3.12. The van der Waals surface area contributed by atoms with Crippen LogP contribution in [0.25, 0.3) is 0 Å². The van der Waals surface area contributed by atoms with E-state index in [1.807, 2.05) is 59.0 Å². The lowest BCUT2D eigenvalue weighted by Crippen LogP contribution is -2.46. The number of fused-ring (bicyclic) bond motifs is 1. The van der Waals surface area contributed by atoms with E-state index in [0.717, 1.165) is 42.1 Å². The van der Waals surface area contributed by atoms with Gasteiger partial charge in [-0.1, -0.05) is 42.5 Å². The summed E-state index contributed by atoms with van der Waals surface area (Å²) in [5.74, 6) is 0.0458. The first-order valence-electron chi connectivity index (χ1n) is 11.0. The van der Waals surface area contributed by atoms with Crippen molar-refractivity contribution in [2.75, 3.05) is 18.5 Å². The van der Waals surface area contributed by atoms with Gasteiger partial charge in [0.05, 0.1) is 23.9 Å². The van der Waals surface area contributed by atoms with Crippen LogP contribution in [0.15, 0.2) is 54.6 Å². The number of para-hydroxylation sites is 1. The Bertz CT molecular complexity index is 1090. The summed E-state index contributed by atoms with van der Waals surface area (Å²) in [7, 11) is 0. The summed E-state index contributed by atoms with van der Waals surface area (Å²) in [4.78, 5) is 15.4. The van der Waals surface area contributed by atoms with Gasteiger partial charge in [-0.05, 0) is 44.4 Å². The fourth-order valence-corrected chi connectivity index (χ4v) is 4.73. The lowest BCUT2D eigenvalue weighted by atomic mass is 10.0. The fourth-order valence-electron chi connectivity index (χ4n) is 4.73. The van der Waals surface area contributed by atoms with Crippen molar-refractivity contribution >= 4 is 11.6 Å². The number of aromatic nitrogens is 2. The van der Waals surface area contributed by atoms with E-state index >= 15 is 0 Å². The summed E-state index contributed by atoms with van der Waals surface area (Å²) < 4.78 is 7.92. The van der Waals surface area contributed by atoms with Crippen molar-refractivity contribution in [3.63, 3.8) is 0 Å². The molecule has 0 saturated carbocycles. The molecule has 2 aromatic carbocycles. The number of nitrogens with one attached hydrogen (secondary N) is 1. The third-order valence-electron chi connectivity index (χ3n) is 6.33. The van der Waals surface area contributed by atoms with Gasteiger partial charge in [0.15, 0.2) is 0 Å². The predicted molar refractivity (Wildman–Crippen MR) is 120 cm³/mol. The number of aryl methyl sites for hydroxylation is 1. The summed E-state index contributed by atoms with van der Waals surface area (Å²) in [6, 6.07) is 18.1. The van der Waals surface area contributed by atoms with Crippen LogP contribution >= 0.6 is 0 Å². The van der Waals surface area contributed by atoms with Gasteiger partial charge in [-0.15, -0.1) is 0 Å². The van der Waals surface area contributed by atoms with Crippen LogP contribution in [0, 0.1) is 13.8 Å². The van der Waals surface area contributed by atoms with Crippen LogP contribution in [0.4, 0.5) is 5.69 Å². The number of nitrogens with zero attached hydrogens (tertiary/aromatic N) is 3. The first kappa shape index (κ1) is 19.8. The molecule has 1 fully saturated rings. The molecule has 0 radical (unpaired) electrons. The maximum absolute atomic E-state index is 13.5. The van der Waals surface area contributed by atoms with E-state index in [-0.39, 0.29) is 18.2 Å². The number of rotatable bonds is 5. The number of hydrogen-bond donors (Lipinski definition) is 1. The van der Waals surface area contributed by atoms with E-state index in [0.29, 0.717) is 18.7 Å². The van der Waals surface area contributed by atoms with Crippen LogP contribution in [0.1, 0.15) is 51.9 Å². The normalized spacial score (nSPS) is 20.6. The van der Waals surface area contributed by atoms with Crippen molar-refractivity contribution in [3.8, 4) is 0 Å². The molecule has 2 aliphatic heterocycles. The Morgan fingerprint density at radius 2 is 1.87 bits per heavy atom. The molecule has 31 heavy (non-hydrogen) atoms. The van der Waals surface area contributed by atoms with E-state index in [1.165, 1.54) is 5.56 Å². The smallest absolute Gasteiger partial charge is 0.257 e. The first-order chi connectivity index (χ1) is 15.1. The van der Waals surface area contributed by atoms with Crippen molar-refractivity contribution < 1.29 is 9.53 Å². The van der Waals surface area contributed by atoms with Crippen LogP contribution in [0.5, 0.6) is 0 Å². The quantitative estimate of drug-likeness (QED) is 0.674. The second-order valence-corrected chi connectivity index (χ2v) is 8.41. The molecule has 5 rings (SSSR count). The molecule has 1 saturated heterocycles. The van der Waals surface area contributed by atoms with Crippen LogP contribution in [-0.4, -0.2) is 39.8 Å². The van der Waals surface area contributed by atoms with Crippen molar-refractivity contribution in [3.05, 3.63) is 82.7 Å². The third kappa shape index (κ3) is 3.72. The summed E-state index contributed by atoms with van der Waals surface area (Å²) in [6.45, 7) is 6.18. The Morgan fingerprint density at radius 3 is 2.65 bits per heavy atom. The van der Waals surface area contributed by atoms with E-state index < -0.39 is 0 Å². The molecule has 160 valence electrons. The Balaban J connectivity index is 1.52. The monoisotopic (exact) mass is 416 g/mol. The molecule has 0 unspecified atom stereocenters. The SMILES string of the molecule is Cc1nn(Cc2ccccc2)c(C)c1[C@H]1Nc2ccccc2C(=O)N1C[C@@H]1CCCO1. The Morgan fingerprint density at radius 1 is 1.10 bits per heavy atom. The molecule has 3 heterocycles. The summed E-state index contributed by atoms with van der Waals surface area (Å²) in [5, 5.41) is 8.46. The predicted octanol–water partition coefficient (Wildman–Crippen LogP) is 4.29. The molecule has 1 aromatic heterocycles. The van der Waals surface area contributed by atoms with E-state index in [9.17, 15) is 4.79 Å². The summed E-state index contributed by atoms with van der Waals surface area (Å²) >= 11 is 0. The van der Waals surface area contributed by atoms with E-state index in [1.54, 1.807) is 0 Å². The topological polar surface area (TPSA) is 59.4 Å². The molecule has 6 nitrogen and oxygen atoms in total. The molecule has 3 aromatic rings. The molecule has 0 aliphatic carbocycles. The van der Waals surface area contributed by atoms with Gasteiger partial charge in [0, 0.05) is 30.1 Å². The van der Waals surface area contributed by atoms with Gasteiger partial charge in [0.25, 0.3) is 5.91 Å². The van der Waals surface area contributed by atoms with Crippen LogP contribution < -0.4 is 5.32 Å². The summed E-state index contributed by atoms with van der Waals surface area (Å²) in [6.07, 6.45) is 1.85. The molecule has 0 bridgehead atoms. The number of carbonyl (C=O) groups is 1. The molecule has 2 atom stereocenters. The van der Waals surface area contributed by atoms with Gasteiger partial charge in [-0.25, -0.2) is 0 Å². The lowest BCUT2D eigenvalue weighted by molar-refractivity contribution is 0.0425. The second kappa shape index (κ2) is 8.19. The lowest BCUT2D eigenvalue weighted by Gasteiger charge is -2.39. The maximum atomic E-state index is 13.5. The standard InChI is InChI=1S/C25H28N4O2/c1-17-23(18(2)29(27-17)15-19-9-4-3-5-10-19)24-26-22-13-7-6-12-21(22)25(30)28(24)16-20-11-8-14-31-20/h3-7,9-10,12-13,20,24,26H,8,11,14-16H2,1-2H3/t20-,24-/m0/s1. The van der Waals surface area contributed by atoms with Crippen molar-refractivity contribution in [1.82, 2.24) is 14.7 Å². The fraction of sp³-hybridized carbons (Fsp3) is 0.360. The van der Waals surface area contributed by atoms with Gasteiger partial charge in [0.1, 0.15) is 6.17 Å². The van der Waals surface area contributed by atoms with Crippen molar-refractivity contribution in [1.29, 1.82) is 0 Å². The van der Waals surface area contributed by atoms with Gasteiger partial charge in [-0.3, -0.25) is 9.48 Å². The second-order valence-electron chi connectivity index (χ2n) is 8.41. The zero-order valence-corrected chi connectivity index (χ0v) is 18.0. The van der Waals surface area contributed by atoms with Crippen molar-refractivity contribution in [2.45, 2.75) is 45.5 Å². The average molecular weight is 417 g/mol. The van der Waals surface area contributed by atoms with Gasteiger partial charge in [0.2, 0.25) is 0 Å². The van der Waals surface area contributed by atoms with Crippen LogP contribution in [0.2, 0.25) is 0 Å². The molecule has 0 spiro atoms. The molecular formula is C25H28N4O2. The average Bonchev–Trinajstić information content (AvgIpc) is 3.39. The first-order valence-corrected chi connectivity index (χ1v) is 11.0. The van der Waals surface area contributed by atoms with Crippen LogP contribution in [0.3, 0.4) is 0 Å². The largest absolute Gasteiger partial charge is 0.376 e. The third-order valence-corrected chi connectivity index (χ3v) is 6.33. The number of ether oxygens (including phenoxy) is 1. The zero-order valence-electron chi connectivity index (χ0n) is 18.0. The number of carbonyl (C=O) groups excluding carboxylic acids is 1. The maximum Gasteiger partial charge on any atom is 0.257 e. The minimum absolute atomic E-state index is 0.0458. The van der Waals surface area contributed by atoms with Gasteiger partial charge >= 0.3 is 0 Å². The number of hydrogen-bond acceptors (Lipinski definition) is 4. The van der Waals surface area contributed by atoms with E-state index in [4.69, 9.17) is 9.84 Å². The number of amides is 1. The van der Waals surface area contributed by atoms with Gasteiger partial charge < -0.3 is 15.0 Å². The molecular weight excluding hydrogens is 388 g/mol. The highest BCUT2D eigenvalue weighted by Crippen LogP contribution is 2.36. The Labute approximate surface area is 182 Å². The number of anilines is 1. The summed E-state index contributed by atoms with van der Waals surface area (Å²) in [5.41, 5.74) is 5.86. The minimum Gasteiger partial charge on any atom is -0.376 e. The minimum atomic E-state index is -0.267. The molecule has 6 heteroatoms. The number of benzene rings is 2. The Kier molecular flexibility index (Phi) is 5.24. The highest BCUT2D eigenvalue weighted by molar-refractivity contribution is 6.01. The van der Waals surface area contributed by atoms with E-state index in [2.05, 4.69) is 24.4 Å². The molecule has 1 N–H and O–H groups in total. The highest BCUT2D eigenvalue weighted by Gasteiger charge is 2.37. The van der Waals surface area contributed by atoms with Crippen LogP contribution in [-0.2, 0) is 11.3 Å². The highest BCUT2D eigenvalue weighted by atomic mass is 16.5. The molecule has 1 amide bonds. The van der Waals surface area contributed by atoms with Crippen molar-refractivity contribution in [2.24, 2.45) is 0 Å². The molecule has 2 aliphatic rings. The zero-order chi connectivity index (χ0) is 21.4.